The molecule has 1 spiro atoms. The quantitative estimate of drug-likeness (QED) is 0.0767. The number of hydrogen-bond acceptors (Lipinski definition) is 16. The van der Waals surface area contributed by atoms with E-state index >= 15 is 0 Å². The van der Waals surface area contributed by atoms with Gasteiger partial charge in [0.05, 0.1) is 24.9 Å². The normalized spacial score (nSPS) is 24.6. The molecule has 11 fully saturated rings. The zero-order valence-electron chi connectivity index (χ0n) is 85.1. The largest absolute Gasteiger partial charge is 0.395 e. The smallest absolute Gasteiger partial charge is 0.0586 e. The van der Waals surface area contributed by atoms with Gasteiger partial charge in [-0.05, 0) is 442 Å². The molecule has 16 rings (SSSR count). The van der Waals surface area contributed by atoms with E-state index in [0.29, 0.717) is 97.8 Å². The zero-order chi connectivity index (χ0) is 91.8. The summed E-state index contributed by atoms with van der Waals surface area (Å²) >= 11 is 3.74. The summed E-state index contributed by atoms with van der Waals surface area (Å²) in [5, 5.41) is 17.9. The number of hydrogen-bond donors (Lipinski definition) is 2. The second-order valence-electron chi connectivity index (χ2n) is 41.3. The summed E-state index contributed by atoms with van der Waals surface area (Å²) in [7, 11) is 0. The highest BCUT2D eigenvalue weighted by molar-refractivity contribution is 7.98. The molecule has 3 aromatic carbocycles. The Bertz CT molecular complexity index is 3460. The molecule has 3 unspecified atom stereocenters. The van der Waals surface area contributed by atoms with E-state index in [-0.39, 0.29) is 0 Å². The molecule has 10 saturated heterocycles. The molecule has 0 radical (unpaired) electrons. The van der Waals surface area contributed by atoms with Gasteiger partial charge in [-0.3, -0.25) is 49.2 Å². The number of rotatable bonds is 19. The molecule has 12 heterocycles. The number of benzene rings is 3. The van der Waals surface area contributed by atoms with Crippen LogP contribution in [0, 0.1) is 12.3 Å². The molecule has 0 bridgehead atoms. The van der Waals surface area contributed by atoms with Gasteiger partial charge in [0.2, 0.25) is 0 Å². The molecule has 5 aromatic rings. The highest BCUT2D eigenvalue weighted by Crippen LogP contribution is 2.45. The van der Waals surface area contributed by atoms with Gasteiger partial charge in [-0.25, -0.2) is 0 Å². The summed E-state index contributed by atoms with van der Waals surface area (Å²) in [6.45, 7) is 66.0. The number of likely N-dealkylation sites (tertiary alicyclic amines) is 10. The summed E-state index contributed by atoms with van der Waals surface area (Å²) < 4.78 is 0. The van der Waals surface area contributed by atoms with E-state index in [0.717, 1.165) is 29.6 Å². The van der Waals surface area contributed by atoms with Gasteiger partial charge in [-0.2, -0.15) is 0 Å². The van der Waals surface area contributed by atoms with Crippen molar-refractivity contribution in [1.29, 1.82) is 0 Å². The summed E-state index contributed by atoms with van der Waals surface area (Å²) in [6.07, 6.45) is 44.2. The highest BCUT2D eigenvalue weighted by Gasteiger charge is 2.39. The predicted octanol–water partition coefficient (Wildman–Crippen LogP) is 25.2. The number of aliphatic hydroxyl groups excluding tert-OH is 2. The predicted molar refractivity (Wildman–Crippen MR) is 547 cm³/mol. The van der Waals surface area contributed by atoms with E-state index in [1.165, 1.54) is 282 Å². The third-order valence-corrected chi connectivity index (χ3v) is 31.1. The molecule has 16 heteroatoms. The first-order valence-corrected chi connectivity index (χ1v) is 53.8. The van der Waals surface area contributed by atoms with Crippen LogP contribution in [0.1, 0.15) is 370 Å². The van der Waals surface area contributed by atoms with Gasteiger partial charge >= 0.3 is 0 Å². The Balaban J connectivity index is 0.000000193. The van der Waals surface area contributed by atoms with Gasteiger partial charge in [0, 0.05) is 138 Å². The summed E-state index contributed by atoms with van der Waals surface area (Å²) in [4.78, 5) is 37.1. The number of aromatic nitrogens is 2. The molecule has 0 amide bonds. The first-order chi connectivity index (χ1) is 60.5. The molecular formula is C110H190N12O2S2. The van der Waals surface area contributed by atoms with E-state index in [9.17, 15) is 0 Å². The lowest BCUT2D eigenvalue weighted by Gasteiger charge is -2.46. The fourth-order valence-corrected chi connectivity index (χ4v) is 23.9. The minimum atomic E-state index is 0.332. The van der Waals surface area contributed by atoms with Crippen LogP contribution in [0.15, 0.2) is 132 Å². The van der Waals surface area contributed by atoms with Crippen LogP contribution in [0.4, 0.5) is 0 Å². The van der Waals surface area contributed by atoms with Crippen LogP contribution in [-0.2, 0) is 0 Å². The maximum Gasteiger partial charge on any atom is 0.0586 e. The number of piperidine rings is 1. The van der Waals surface area contributed by atoms with Crippen molar-refractivity contribution in [3.63, 3.8) is 0 Å². The van der Waals surface area contributed by atoms with Crippen molar-refractivity contribution in [3.05, 3.63) is 155 Å². The van der Waals surface area contributed by atoms with Crippen molar-refractivity contribution >= 4 is 23.5 Å². The third-order valence-electron chi connectivity index (χ3n) is 29.5. The monoisotopic (exact) mass is 1780 g/mol. The SMILES string of the molecule is CC(C)N1CCCC1.CC(C)N1CCCC1c1ccccn1.CC(C)N1CCCC1c1cccnc1.CC(C)N1CCCC2(CCCCC2)C1.CC(C)N1CCC[C@@H]1C.CC(C)N1CCC[C@@H]1CO.CC(C)N1CCC[C@H]1CO.CSc1ccccc1[C@@H]1CCCN1C(C)C.CSc1ccccc1[C@H]1CCCN1C(C)C.Cc1ccccc1C1CCCN1C(C)C. The van der Waals surface area contributed by atoms with Crippen LogP contribution in [0.5, 0.6) is 0 Å². The summed E-state index contributed by atoms with van der Waals surface area (Å²) in [5.74, 6) is 0. The Morgan fingerprint density at radius 3 is 1.07 bits per heavy atom. The summed E-state index contributed by atoms with van der Waals surface area (Å²) in [5.41, 5.74) is 9.37. The Morgan fingerprint density at radius 2 is 0.698 bits per heavy atom. The average molecular weight is 1780 g/mol. The first kappa shape index (κ1) is 109. The van der Waals surface area contributed by atoms with Gasteiger partial charge in [-0.15, -0.1) is 23.5 Å². The Labute approximate surface area is 783 Å². The number of nitrogens with zero attached hydrogens (tertiary/aromatic N) is 12. The van der Waals surface area contributed by atoms with Gasteiger partial charge in [-0.1, -0.05) is 92.1 Å². The number of thioether (sulfide) groups is 2. The molecule has 10 aliphatic heterocycles. The molecule has 14 nitrogen and oxygen atoms in total. The second-order valence-corrected chi connectivity index (χ2v) is 43.0. The van der Waals surface area contributed by atoms with Crippen LogP contribution >= 0.6 is 23.5 Å². The maximum atomic E-state index is 8.94. The topological polar surface area (TPSA) is 98.6 Å². The van der Waals surface area contributed by atoms with Crippen molar-refractivity contribution in [2.45, 2.75) is 431 Å². The number of aryl methyl sites for hydroxylation is 1. The molecular weight excluding hydrogens is 1590 g/mol. The fraction of sp³-hybridized carbons (Fsp3) is 0.745. The minimum Gasteiger partial charge on any atom is -0.395 e. The molecule has 8 atom stereocenters. The second kappa shape index (κ2) is 58.4. The third kappa shape index (κ3) is 34.6. The van der Waals surface area contributed by atoms with Crippen molar-refractivity contribution in [2.75, 3.05) is 104 Å². The average Bonchev–Trinajstić information content (AvgIpc) is 1.69. The van der Waals surface area contributed by atoms with Crippen molar-refractivity contribution in [3.8, 4) is 0 Å². The Hall–Kier alpha value is -3.82. The molecule has 1 aliphatic carbocycles. The molecule has 2 N–H and O–H groups in total. The fourth-order valence-electron chi connectivity index (χ4n) is 22.5. The van der Waals surface area contributed by atoms with Crippen molar-refractivity contribution in [1.82, 2.24) is 59.0 Å². The lowest BCUT2D eigenvalue weighted by molar-refractivity contribution is 0.0367. The zero-order valence-corrected chi connectivity index (χ0v) is 86.7. The minimum absolute atomic E-state index is 0.332. The molecule has 126 heavy (non-hydrogen) atoms. The lowest BCUT2D eigenvalue weighted by Crippen LogP contribution is -2.47. The van der Waals surface area contributed by atoms with Crippen molar-refractivity contribution < 1.29 is 10.2 Å². The van der Waals surface area contributed by atoms with Gasteiger partial charge in [0.15, 0.2) is 0 Å². The standard InChI is InChI=1S/2C14H21NS.C14H21N.C13H25N.2C12H18N2.2C8H17NO.C8H17N.C7H15N/c2*1-11(2)15-10-6-8-13(15)12-7-4-5-9-14(12)16-3;1-11(2)15-10-6-9-14(15)13-8-5-4-7-12(13)3;1-12(2)14-10-6-9-13(11-14)7-4-3-5-8-13;1-10(2)14-8-4-6-12(14)11-5-3-7-13-9-11;1-10(2)14-9-5-7-12(14)11-6-3-4-8-13-11;2*1-7(2)9-5-3-4-8(9)6-10;1-7(2)9-6-4-5-8(9)3;1-7(2)8-5-3-4-6-8/h2*4-5,7,9,11,13H,6,8,10H2,1-3H3;4-5,7-8,11,14H,6,9-10H2,1-3H3;12H,3-11H2,1-2H3;3,5,7,9-10,12H,4,6,8H2,1-2H3;3-4,6,8,10,12H,5,7,9H2,1-2H3;2*7-8,10H,3-6H2,1-2H3;7-8H,4-6H2,1-3H3;7H,3-6H2,1-2H3/t2*13-;;;;;3*8-;/m10....100./s1. The Kier molecular flexibility index (Phi) is 50.6. The van der Waals surface area contributed by atoms with Crippen LogP contribution in [0.25, 0.3) is 0 Å². The van der Waals surface area contributed by atoms with Gasteiger partial charge < -0.3 is 20.0 Å². The molecule has 11 aliphatic rings. The number of aliphatic hydroxyl groups is 2. The van der Waals surface area contributed by atoms with E-state index in [2.05, 4.69) is 315 Å². The number of pyridine rings is 2. The Morgan fingerprint density at radius 1 is 0.333 bits per heavy atom. The van der Waals surface area contributed by atoms with Crippen LogP contribution in [0.2, 0.25) is 0 Å². The first-order valence-electron chi connectivity index (χ1n) is 51.4. The van der Waals surface area contributed by atoms with Crippen LogP contribution in [-0.4, -0.2) is 252 Å². The maximum absolute atomic E-state index is 8.94. The molecule has 1 saturated carbocycles. The van der Waals surface area contributed by atoms with Gasteiger partial charge in [0.1, 0.15) is 0 Å². The van der Waals surface area contributed by atoms with Gasteiger partial charge in [0.25, 0.3) is 0 Å². The highest BCUT2D eigenvalue weighted by atomic mass is 32.2. The molecule has 2 aromatic heterocycles. The van der Waals surface area contributed by atoms with E-state index < -0.39 is 0 Å². The van der Waals surface area contributed by atoms with E-state index in [4.69, 9.17) is 10.2 Å². The van der Waals surface area contributed by atoms with Crippen LogP contribution < -0.4 is 0 Å². The van der Waals surface area contributed by atoms with Crippen molar-refractivity contribution in [2.24, 2.45) is 5.41 Å². The van der Waals surface area contributed by atoms with E-state index in [1.54, 1.807) is 0 Å². The van der Waals surface area contributed by atoms with E-state index in [1.807, 2.05) is 54.2 Å². The lowest BCUT2D eigenvalue weighted by atomic mass is 9.69. The molecule has 714 valence electrons. The summed E-state index contributed by atoms with van der Waals surface area (Å²) in [6, 6.07) is 48.5. The van der Waals surface area contributed by atoms with Crippen LogP contribution in [0.3, 0.4) is 0 Å².